The molecule has 0 unspecified atom stereocenters. The minimum atomic E-state index is -0.646. The van der Waals surface area contributed by atoms with Crippen LogP contribution in [0.15, 0.2) is 33.5 Å². The summed E-state index contributed by atoms with van der Waals surface area (Å²) in [6, 6.07) is 6.94. The lowest BCUT2D eigenvalue weighted by Gasteiger charge is -2.35. The second kappa shape index (κ2) is 8.64. The highest BCUT2D eigenvalue weighted by molar-refractivity contribution is 7.19. The van der Waals surface area contributed by atoms with Gasteiger partial charge in [-0.25, -0.2) is 14.8 Å². The molecule has 0 saturated carbocycles. The van der Waals surface area contributed by atoms with Crippen molar-refractivity contribution in [3.8, 4) is 5.75 Å². The fourth-order valence-corrected chi connectivity index (χ4v) is 6.49. The van der Waals surface area contributed by atoms with E-state index < -0.39 is 5.63 Å². The van der Waals surface area contributed by atoms with Gasteiger partial charge in [-0.15, -0.1) is 11.3 Å². The monoisotopic (exact) mass is 490 g/mol. The number of nitrogens with zero attached hydrogens (tertiary/aromatic N) is 4. The van der Waals surface area contributed by atoms with Gasteiger partial charge in [0.15, 0.2) is 11.3 Å². The number of hydrogen-bond donors (Lipinski definition) is 0. The Kier molecular flexibility index (Phi) is 5.44. The van der Waals surface area contributed by atoms with E-state index in [1.54, 1.807) is 34.4 Å². The van der Waals surface area contributed by atoms with Crippen LogP contribution < -0.4 is 15.3 Å². The van der Waals surface area contributed by atoms with E-state index in [0.29, 0.717) is 42.9 Å². The predicted molar refractivity (Wildman–Crippen MR) is 136 cm³/mol. The Bertz CT molecular complexity index is 1520. The summed E-state index contributed by atoms with van der Waals surface area (Å²) < 4.78 is 10.7. The number of anilines is 1. The Morgan fingerprint density at radius 1 is 1.11 bits per heavy atom. The van der Waals surface area contributed by atoms with Gasteiger partial charge in [0.25, 0.3) is 5.91 Å². The number of benzene rings is 1. The molecule has 0 spiro atoms. The first-order valence-corrected chi connectivity index (χ1v) is 12.8. The molecule has 4 aromatic rings. The average Bonchev–Trinajstić information content (AvgIpc) is 3.25. The fraction of sp³-hybridized carbons (Fsp3) is 0.385. The van der Waals surface area contributed by atoms with Crippen LogP contribution in [0.25, 0.3) is 21.2 Å². The summed E-state index contributed by atoms with van der Waals surface area (Å²) in [7, 11) is 1.52. The van der Waals surface area contributed by atoms with E-state index in [4.69, 9.17) is 19.1 Å². The molecule has 9 heteroatoms. The predicted octanol–water partition coefficient (Wildman–Crippen LogP) is 3.96. The Morgan fingerprint density at radius 3 is 2.71 bits per heavy atom. The smallest absolute Gasteiger partial charge is 0.349 e. The van der Waals surface area contributed by atoms with Crippen LogP contribution in [-0.2, 0) is 12.8 Å². The molecule has 0 atom stereocenters. The molecule has 1 aliphatic heterocycles. The lowest BCUT2D eigenvalue weighted by atomic mass is 9.97. The lowest BCUT2D eigenvalue weighted by molar-refractivity contribution is 0.0742. The number of methoxy groups -OCH3 is 1. The zero-order valence-electron chi connectivity index (χ0n) is 19.8. The molecule has 6 rings (SSSR count). The van der Waals surface area contributed by atoms with Gasteiger partial charge in [-0.2, -0.15) is 0 Å². The number of piperazine rings is 1. The largest absolute Gasteiger partial charge is 0.493 e. The number of carbonyl (C=O) groups is 1. The van der Waals surface area contributed by atoms with Gasteiger partial charge in [-0.05, 0) is 50.3 Å². The minimum Gasteiger partial charge on any atom is -0.493 e. The van der Waals surface area contributed by atoms with Crippen molar-refractivity contribution >= 4 is 44.2 Å². The number of fused-ring (bicyclic) bond motifs is 4. The van der Waals surface area contributed by atoms with Crippen LogP contribution in [0.5, 0.6) is 5.75 Å². The highest BCUT2D eigenvalue weighted by Gasteiger charge is 2.29. The van der Waals surface area contributed by atoms with E-state index in [1.165, 1.54) is 35.8 Å². The van der Waals surface area contributed by atoms with E-state index in [-0.39, 0.29) is 11.5 Å². The SMILES string of the molecule is COc1cccc2cc(C(=O)N3CCN(c4nc(C)nc5sc6c(c45)CCCC6)CC3)c(=O)oc12. The Hall–Kier alpha value is -3.46. The quantitative estimate of drug-likeness (QED) is 0.402. The van der Waals surface area contributed by atoms with Crippen molar-refractivity contribution in [2.45, 2.75) is 32.6 Å². The number of para-hydroxylation sites is 1. The van der Waals surface area contributed by atoms with Crippen molar-refractivity contribution in [2.75, 3.05) is 38.2 Å². The first kappa shape index (κ1) is 22.0. The Labute approximate surface area is 206 Å². The highest BCUT2D eigenvalue weighted by Crippen LogP contribution is 2.40. The number of rotatable bonds is 3. The molecule has 1 saturated heterocycles. The summed E-state index contributed by atoms with van der Waals surface area (Å²) in [6.45, 7) is 4.25. The van der Waals surface area contributed by atoms with Crippen LogP contribution in [0.2, 0.25) is 0 Å². The molecule has 4 heterocycles. The third kappa shape index (κ3) is 3.74. The highest BCUT2D eigenvalue weighted by atomic mass is 32.1. The maximum atomic E-state index is 13.3. The standard InChI is InChI=1S/C26H26N4O4S/c1-15-27-23(21-17-7-3-4-9-20(17)35-24(21)28-15)29-10-12-30(13-11-29)25(31)18-14-16-6-5-8-19(33-2)22(16)34-26(18)32/h5-6,8,14H,3-4,7,9-13H2,1-2H3. The van der Waals surface area contributed by atoms with E-state index in [0.717, 1.165) is 29.3 Å². The van der Waals surface area contributed by atoms with E-state index in [9.17, 15) is 9.59 Å². The van der Waals surface area contributed by atoms with Crippen LogP contribution in [0.1, 0.15) is 39.5 Å². The van der Waals surface area contributed by atoms with Gasteiger partial charge in [-0.3, -0.25) is 4.79 Å². The van der Waals surface area contributed by atoms with Crippen molar-refractivity contribution in [3.63, 3.8) is 0 Å². The second-order valence-electron chi connectivity index (χ2n) is 9.09. The number of thiophene rings is 1. The van der Waals surface area contributed by atoms with Crippen molar-refractivity contribution in [1.29, 1.82) is 0 Å². The molecule has 1 aliphatic carbocycles. The molecule has 2 aliphatic rings. The van der Waals surface area contributed by atoms with E-state index in [1.807, 2.05) is 13.0 Å². The number of aryl methyl sites for hydroxylation is 3. The first-order chi connectivity index (χ1) is 17.0. The molecule has 35 heavy (non-hydrogen) atoms. The van der Waals surface area contributed by atoms with Gasteiger partial charge in [-0.1, -0.05) is 12.1 Å². The van der Waals surface area contributed by atoms with Crippen molar-refractivity contribution in [2.24, 2.45) is 0 Å². The summed E-state index contributed by atoms with van der Waals surface area (Å²) in [5, 5.41) is 1.85. The summed E-state index contributed by atoms with van der Waals surface area (Å²) in [5.74, 6) is 1.92. The van der Waals surface area contributed by atoms with Gasteiger partial charge in [0, 0.05) is 36.4 Å². The van der Waals surface area contributed by atoms with Gasteiger partial charge in [0.05, 0.1) is 12.5 Å². The zero-order valence-corrected chi connectivity index (χ0v) is 20.6. The minimum absolute atomic E-state index is 0.0476. The molecule has 0 bridgehead atoms. The van der Waals surface area contributed by atoms with Crippen LogP contribution >= 0.6 is 11.3 Å². The number of ether oxygens (including phenoxy) is 1. The number of carbonyl (C=O) groups excluding carboxylic acids is 1. The average molecular weight is 491 g/mol. The van der Waals surface area contributed by atoms with Gasteiger partial charge in [0.2, 0.25) is 0 Å². The van der Waals surface area contributed by atoms with Gasteiger partial charge in [0.1, 0.15) is 22.0 Å². The molecular formula is C26H26N4O4S. The van der Waals surface area contributed by atoms with Gasteiger partial charge >= 0.3 is 5.63 Å². The third-order valence-corrected chi connectivity index (χ3v) is 8.13. The normalized spacial score (nSPS) is 16.1. The molecule has 1 fully saturated rings. The molecule has 1 aromatic carbocycles. The van der Waals surface area contributed by atoms with Crippen LogP contribution in [-0.4, -0.2) is 54.1 Å². The second-order valence-corrected chi connectivity index (χ2v) is 10.2. The maximum Gasteiger partial charge on any atom is 0.349 e. The first-order valence-electron chi connectivity index (χ1n) is 12.0. The summed E-state index contributed by atoms with van der Waals surface area (Å²) >= 11 is 1.80. The van der Waals surface area contributed by atoms with Crippen molar-refractivity contribution in [1.82, 2.24) is 14.9 Å². The summed E-state index contributed by atoms with van der Waals surface area (Å²) in [4.78, 5) is 42.0. The molecule has 0 N–H and O–H groups in total. The summed E-state index contributed by atoms with van der Waals surface area (Å²) in [6.07, 6.45) is 4.64. The Morgan fingerprint density at radius 2 is 1.91 bits per heavy atom. The molecule has 1 amide bonds. The molecule has 0 radical (unpaired) electrons. The van der Waals surface area contributed by atoms with E-state index in [2.05, 4.69) is 4.90 Å². The number of amides is 1. The molecule has 3 aromatic heterocycles. The van der Waals surface area contributed by atoms with Crippen LogP contribution in [0.4, 0.5) is 5.82 Å². The molecular weight excluding hydrogens is 464 g/mol. The van der Waals surface area contributed by atoms with Crippen molar-refractivity contribution < 1.29 is 13.9 Å². The van der Waals surface area contributed by atoms with Crippen LogP contribution in [0, 0.1) is 6.92 Å². The van der Waals surface area contributed by atoms with E-state index >= 15 is 0 Å². The number of hydrogen-bond acceptors (Lipinski definition) is 8. The maximum absolute atomic E-state index is 13.3. The van der Waals surface area contributed by atoms with Gasteiger partial charge < -0.3 is 19.0 Å². The molecule has 8 nitrogen and oxygen atoms in total. The topological polar surface area (TPSA) is 88.8 Å². The number of aromatic nitrogens is 2. The Balaban J connectivity index is 1.26. The molecule has 180 valence electrons. The lowest BCUT2D eigenvalue weighted by Crippen LogP contribution is -2.49. The summed E-state index contributed by atoms with van der Waals surface area (Å²) in [5.41, 5.74) is 1.16. The fourth-order valence-electron chi connectivity index (χ4n) is 5.19. The zero-order chi connectivity index (χ0) is 24.1. The van der Waals surface area contributed by atoms with Crippen molar-refractivity contribution in [3.05, 3.63) is 56.5 Å². The third-order valence-electron chi connectivity index (χ3n) is 6.95. The van der Waals surface area contributed by atoms with Crippen LogP contribution in [0.3, 0.4) is 0 Å².